The number of allylic oxidation sites excluding steroid dienone is 3. The smallest absolute Gasteiger partial charge is 0.0540 e. The SMILES string of the molecule is C1=CC(c2ccccc2)CC=C1N(c1ccc(-c2ccccc2)cc1)c1ccc(-c2ccc(-c3ccccc3N(c3ccccc3)c3ccc(-c4ccccc4)cc3)cc2)cc1. The van der Waals surface area contributed by atoms with Crippen LogP contribution in [0.5, 0.6) is 0 Å². The lowest BCUT2D eigenvalue weighted by molar-refractivity contribution is 0.840. The van der Waals surface area contributed by atoms with Crippen LogP contribution < -0.4 is 9.80 Å². The molecule has 1 atom stereocenters. The molecule has 1 aliphatic rings. The fraction of sp³-hybridized carbons (Fsp3) is 0.0333. The molecule has 0 saturated heterocycles. The van der Waals surface area contributed by atoms with Crippen LogP contribution >= 0.6 is 0 Å². The van der Waals surface area contributed by atoms with E-state index in [0.717, 1.165) is 40.4 Å². The van der Waals surface area contributed by atoms with Gasteiger partial charge in [-0.05, 0) is 112 Å². The van der Waals surface area contributed by atoms with E-state index in [1.54, 1.807) is 0 Å². The van der Waals surface area contributed by atoms with Crippen LogP contribution in [0, 0.1) is 0 Å². The summed E-state index contributed by atoms with van der Waals surface area (Å²) in [6, 6.07) is 87.1. The number of benzene rings is 9. The summed E-state index contributed by atoms with van der Waals surface area (Å²) in [5.41, 5.74) is 17.6. The molecule has 0 heterocycles. The Morgan fingerprint density at radius 3 is 1.16 bits per heavy atom. The van der Waals surface area contributed by atoms with Crippen molar-refractivity contribution in [1.82, 2.24) is 0 Å². The Balaban J connectivity index is 0.941. The fourth-order valence-corrected chi connectivity index (χ4v) is 8.60. The summed E-state index contributed by atoms with van der Waals surface area (Å²) in [5.74, 6) is 0.368. The quantitative estimate of drug-likeness (QED) is 0.129. The summed E-state index contributed by atoms with van der Waals surface area (Å²) in [6.45, 7) is 0. The molecule has 10 rings (SSSR count). The molecule has 0 radical (unpaired) electrons. The second kappa shape index (κ2) is 17.7. The van der Waals surface area contributed by atoms with Gasteiger partial charge in [-0.2, -0.15) is 0 Å². The van der Waals surface area contributed by atoms with E-state index in [9.17, 15) is 0 Å². The molecule has 1 aliphatic carbocycles. The van der Waals surface area contributed by atoms with Crippen molar-refractivity contribution in [3.05, 3.63) is 272 Å². The van der Waals surface area contributed by atoms with Gasteiger partial charge in [-0.15, -0.1) is 0 Å². The summed E-state index contributed by atoms with van der Waals surface area (Å²) >= 11 is 0. The summed E-state index contributed by atoms with van der Waals surface area (Å²) in [4.78, 5) is 4.74. The van der Waals surface area contributed by atoms with Gasteiger partial charge in [0.05, 0.1) is 5.69 Å². The summed E-state index contributed by atoms with van der Waals surface area (Å²) in [5, 5.41) is 0. The summed E-state index contributed by atoms with van der Waals surface area (Å²) < 4.78 is 0. The second-order valence-electron chi connectivity index (χ2n) is 15.7. The zero-order chi connectivity index (χ0) is 41.5. The molecule has 0 amide bonds. The Morgan fingerprint density at radius 2 is 0.677 bits per heavy atom. The van der Waals surface area contributed by atoms with Gasteiger partial charge in [0.15, 0.2) is 0 Å². The topological polar surface area (TPSA) is 6.48 Å². The van der Waals surface area contributed by atoms with E-state index in [1.165, 1.54) is 50.2 Å². The maximum Gasteiger partial charge on any atom is 0.0540 e. The molecule has 2 nitrogen and oxygen atoms in total. The van der Waals surface area contributed by atoms with E-state index >= 15 is 0 Å². The lowest BCUT2D eigenvalue weighted by atomic mass is 9.91. The van der Waals surface area contributed by atoms with E-state index in [1.807, 2.05) is 0 Å². The predicted molar refractivity (Wildman–Crippen MR) is 262 cm³/mol. The van der Waals surface area contributed by atoms with Crippen LogP contribution in [0.1, 0.15) is 17.9 Å². The normalized spacial score (nSPS) is 13.3. The van der Waals surface area contributed by atoms with Gasteiger partial charge < -0.3 is 9.80 Å². The third-order valence-electron chi connectivity index (χ3n) is 11.8. The third kappa shape index (κ3) is 8.15. The van der Waals surface area contributed by atoms with E-state index in [-0.39, 0.29) is 0 Å². The molecule has 9 aromatic carbocycles. The first-order valence-corrected chi connectivity index (χ1v) is 21.4. The van der Waals surface area contributed by atoms with Crippen molar-refractivity contribution in [2.75, 3.05) is 9.80 Å². The molecule has 0 saturated carbocycles. The van der Waals surface area contributed by atoms with Crippen molar-refractivity contribution in [3.63, 3.8) is 0 Å². The van der Waals surface area contributed by atoms with Crippen molar-refractivity contribution < 1.29 is 0 Å². The molecule has 296 valence electrons. The molecule has 0 N–H and O–H groups in total. The average molecular weight is 795 g/mol. The summed E-state index contributed by atoms with van der Waals surface area (Å²) in [7, 11) is 0. The van der Waals surface area contributed by atoms with Crippen LogP contribution in [0.2, 0.25) is 0 Å². The number of nitrogens with zero attached hydrogens (tertiary/aromatic N) is 2. The van der Waals surface area contributed by atoms with Crippen LogP contribution in [0.3, 0.4) is 0 Å². The van der Waals surface area contributed by atoms with E-state index in [2.05, 4.69) is 271 Å². The predicted octanol–water partition coefficient (Wildman–Crippen LogP) is 16.6. The van der Waals surface area contributed by atoms with Gasteiger partial charge in [0, 0.05) is 39.9 Å². The molecule has 62 heavy (non-hydrogen) atoms. The number of hydrogen-bond donors (Lipinski definition) is 0. The maximum absolute atomic E-state index is 2.38. The number of hydrogen-bond acceptors (Lipinski definition) is 2. The highest BCUT2D eigenvalue weighted by molar-refractivity contribution is 5.89. The average Bonchev–Trinajstić information content (AvgIpc) is 3.36. The molecule has 0 aliphatic heterocycles. The van der Waals surface area contributed by atoms with Crippen molar-refractivity contribution in [1.29, 1.82) is 0 Å². The van der Waals surface area contributed by atoms with Crippen molar-refractivity contribution in [3.8, 4) is 44.5 Å². The Labute approximate surface area is 365 Å². The monoisotopic (exact) mass is 794 g/mol. The fourth-order valence-electron chi connectivity index (χ4n) is 8.60. The van der Waals surface area contributed by atoms with Crippen molar-refractivity contribution in [2.45, 2.75) is 12.3 Å². The third-order valence-corrected chi connectivity index (χ3v) is 11.8. The molecule has 0 spiro atoms. The molecule has 1 unspecified atom stereocenters. The second-order valence-corrected chi connectivity index (χ2v) is 15.7. The minimum Gasteiger partial charge on any atom is -0.311 e. The zero-order valence-corrected chi connectivity index (χ0v) is 34.5. The largest absolute Gasteiger partial charge is 0.311 e. The van der Waals surface area contributed by atoms with Gasteiger partial charge in [-0.25, -0.2) is 0 Å². The molecule has 9 aromatic rings. The molecular formula is C60H46N2. The number of rotatable bonds is 11. The van der Waals surface area contributed by atoms with Gasteiger partial charge >= 0.3 is 0 Å². The zero-order valence-electron chi connectivity index (χ0n) is 34.5. The van der Waals surface area contributed by atoms with Crippen LogP contribution in [0.25, 0.3) is 44.5 Å². The van der Waals surface area contributed by atoms with Crippen LogP contribution in [0.15, 0.2) is 267 Å². The Bertz CT molecular complexity index is 2920. The number of para-hydroxylation sites is 2. The maximum atomic E-state index is 2.38. The summed E-state index contributed by atoms with van der Waals surface area (Å²) in [6.07, 6.45) is 7.97. The number of anilines is 5. The molecule has 0 aromatic heterocycles. The lowest BCUT2D eigenvalue weighted by Crippen LogP contribution is -2.17. The van der Waals surface area contributed by atoms with Gasteiger partial charge in [-0.1, -0.05) is 200 Å². The highest BCUT2D eigenvalue weighted by Crippen LogP contribution is 2.42. The first-order chi connectivity index (χ1) is 30.7. The Morgan fingerprint density at radius 1 is 0.306 bits per heavy atom. The van der Waals surface area contributed by atoms with Crippen LogP contribution in [0.4, 0.5) is 28.4 Å². The highest BCUT2D eigenvalue weighted by Gasteiger charge is 2.20. The highest BCUT2D eigenvalue weighted by atomic mass is 15.2. The lowest BCUT2D eigenvalue weighted by Gasteiger charge is -2.29. The van der Waals surface area contributed by atoms with Crippen molar-refractivity contribution >= 4 is 28.4 Å². The minimum absolute atomic E-state index is 0.368. The van der Waals surface area contributed by atoms with Crippen molar-refractivity contribution in [2.24, 2.45) is 0 Å². The minimum atomic E-state index is 0.368. The van der Waals surface area contributed by atoms with Gasteiger partial charge in [0.1, 0.15) is 0 Å². The first-order valence-electron chi connectivity index (χ1n) is 21.4. The van der Waals surface area contributed by atoms with Gasteiger partial charge in [0.25, 0.3) is 0 Å². The van der Waals surface area contributed by atoms with Gasteiger partial charge in [-0.3, -0.25) is 0 Å². The first kappa shape index (κ1) is 38.3. The molecule has 0 fully saturated rings. The van der Waals surface area contributed by atoms with E-state index in [0.29, 0.717) is 5.92 Å². The Hall–Kier alpha value is -7.94. The van der Waals surface area contributed by atoms with Crippen LogP contribution in [-0.4, -0.2) is 0 Å². The Kier molecular flexibility index (Phi) is 10.9. The van der Waals surface area contributed by atoms with E-state index < -0.39 is 0 Å². The van der Waals surface area contributed by atoms with Gasteiger partial charge in [0.2, 0.25) is 0 Å². The van der Waals surface area contributed by atoms with E-state index in [4.69, 9.17) is 0 Å². The molecule has 2 heteroatoms. The molecule has 0 bridgehead atoms. The molecular weight excluding hydrogens is 749 g/mol. The van der Waals surface area contributed by atoms with Crippen LogP contribution in [-0.2, 0) is 0 Å². The standard InChI is InChI=1S/C60H46N2/c1-5-15-45(16-6-1)49-29-37-55(38-30-49)61(56-39-31-50(32-40-56)46-17-7-2-8-18-46)57-41-33-52(34-42-57)48-25-27-53(28-26-48)59-23-13-14-24-60(59)62(54-21-11-4-12-22-54)58-43-35-51(36-44-58)47-19-9-3-10-20-47/h1-31,33-44,50H,32H2.